The van der Waals surface area contributed by atoms with E-state index >= 15 is 0 Å². The topological polar surface area (TPSA) is 49.7 Å². The molecule has 2 heterocycles. The van der Waals surface area contributed by atoms with E-state index in [4.69, 9.17) is 25.8 Å². The van der Waals surface area contributed by atoms with Gasteiger partial charge in [0.25, 0.3) is 0 Å². The molecule has 0 amide bonds. The lowest BCUT2D eigenvalue weighted by Crippen LogP contribution is -2.00. The van der Waals surface area contributed by atoms with E-state index < -0.39 is 5.82 Å². The number of methoxy groups -OCH3 is 1. The first-order valence-corrected chi connectivity index (χ1v) is 11.6. The monoisotopic (exact) mass is 491 g/mol. The quantitative estimate of drug-likeness (QED) is 0.273. The molecule has 0 atom stereocenters. The molecule has 0 N–H and O–H groups in total. The Morgan fingerprint density at radius 2 is 1.94 bits per heavy atom. The molecule has 1 aliphatic rings. The molecule has 1 aliphatic heterocycles. The third kappa shape index (κ3) is 4.26. The summed E-state index contributed by atoms with van der Waals surface area (Å²) in [5.41, 5.74) is 3.84. The van der Waals surface area contributed by atoms with E-state index in [0.717, 1.165) is 34.3 Å². The number of Topliss-reactive ketones (excluding diaryl/α,β-unsaturated/α-hetero) is 1. The minimum atomic E-state index is -0.404. The molecule has 178 valence electrons. The number of ether oxygens (including phenoxy) is 3. The number of nitrogens with zero attached hydrogens (tertiary/aromatic N) is 1. The van der Waals surface area contributed by atoms with Crippen molar-refractivity contribution in [3.8, 4) is 17.2 Å². The molecule has 1 aromatic heterocycles. The molecule has 0 bridgehead atoms. The minimum absolute atomic E-state index is 0.159. The third-order valence-corrected chi connectivity index (χ3v) is 6.45. The molecule has 35 heavy (non-hydrogen) atoms. The molecule has 0 aliphatic carbocycles. The molecule has 5 nitrogen and oxygen atoms in total. The Balaban J connectivity index is 1.45. The average molecular weight is 492 g/mol. The highest BCUT2D eigenvalue weighted by molar-refractivity contribution is 6.31. The Bertz CT molecular complexity index is 1500. The van der Waals surface area contributed by atoms with Crippen LogP contribution in [0.15, 0.2) is 60.5 Å². The van der Waals surface area contributed by atoms with Crippen LogP contribution in [0.25, 0.3) is 17.0 Å². The van der Waals surface area contributed by atoms with Gasteiger partial charge in [0.15, 0.2) is 5.76 Å². The van der Waals surface area contributed by atoms with Crippen LogP contribution in [0.4, 0.5) is 4.39 Å². The molecular weight excluding hydrogens is 469 g/mol. The van der Waals surface area contributed by atoms with E-state index in [0.29, 0.717) is 27.6 Å². The van der Waals surface area contributed by atoms with Gasteiger partial charge >= 0.3 is 0 Å². The Morgan fingerprint density at radius 1 is 1.11 bits per heavy atom. The first-order chi connectivity index (χ1) is 16.9. The summed E-state index contributed by atoms with van der Waals surface area (Å²) in [5.74, 6) is 1.39. The smallest absolute Gasteiger partial charge is 0.232 e. The number of ketones is 1. The van der Waals surface area contributed by atoms with Crippen molar-refractivity contribution in [3.63, 3.8) is 0 Å². The van der Waals surface area contributed by atoms with Crippen LogP contribution in [0, 0.1) is 12.7 Å². The maximum Gasteiger partial charge on any atom is 0.232 e. The fraction of sp³-hybridized carbons (Fsp3) is 0.179. The Kier molecular flexibility index (Phi) is 5.99. The predicted octanol–water partition coefficient (Wildman–Crippen LogP) is 6.97. The highest BCUT2D eigenvalue weighted by atomic mass is 35.5. The molecule has 0 radical (unpaired) electrons. The average Bonchev–Trinajstić information content (AvgIpc) is 3.35. The van der Waals surface area contributed by atoms with Crippen LogP contribution in [0.2, 0.25) is 5.02 Å². The molecule has 3 aromatic carbocycles. The van der Waals surface area contributed by atoms with Crippen LogP contribution in [0.1, 0.15) is 34.0 Å². The number of allylic oxidation sites excluding steroid dienone is 1. The predicted molar refractivity (Wildman–Crippen MR) is 134 cm³/mol. The van der Waals surface area contributed by atoms with Crippen molar-refractivity contribution >= 4 is 34.4 Å². The van der Waals surface area contributed by atoms with Gasteiger partial charge in [-0.05, 0) is 61.9 Å². The molecular formula is C28H23ClFNO4. The van der Waals surface area contributed by atoms with Gasteiger partial charge in [-0.15, -0.1) is 0 Å². The van der Waals surface area contributed by atoms with Crippen LogP contribution >= 0.6 is 11.6 Å². The Morgan fingerprint density at radius 3 is 2.69 bits per heavy atom. The summed E-state index contributed by atoms with van der Waals surface area (Å²) < 4.78 is 32.7. The summed E-state index contributed by atoms with van der Waals surface area (Å²) in [5, 5.41) is 1.27. The lowest BCUT2D eigenvalue weighted by molar-refractivity contribution is 0.101. The van der Waals surface area contributed by atoms with Gasteiger partial charge in [-0.25, -0.2) is 4.39 Å². The SMILES string of the molecule is CCn1cc(/C=C2\Oc3cc(OCc4ccc(F)cc4Cl)cc(C)c3C2=O)c2cc(OC)ccc21. The summed E-state index contributed by atoms with van der Waals surface area (Å²) in [4.78, 5) is 13.2. The van der Waals surface area contributed by atoms with Crippen LogP contribution in [0.5, 0.6) is 17.2 Å². The minimum Gasteiger partial charge on any atom is -0.497 e. The summed E-state index contributed by atoms with van der Waals surface area (Å²) in [6, 6.07) is 13.5. The van der Waals surface area contributed by atoms with Crippen molar-refractivity contribution in [2.45, 2.75) is 27.0 Å². The van der Waals surface area contributed by atoms with Crippen molar-refractivity contribution in [2.24, 2.45) is 0 Å². The highest BCUT2D eigenvalue weighted by Crippen LogP contribution is 2.39. The highest BCUT2D eigenvalue weighted by Gasteiger charge is 2.30. The second kappa shape index (κ2) is 9.12. The van der Waals surface area contributed by atoms with Crippen molar-refractivity contribution in [2.75, 3.05) is 7.11 Å². The molecule has 0 unspecified atom stereocenters. The molecule has 0 saturated heterocycles. The van der Waals surface area contributed by atoms with Crippen molar-refractivity contribution in [1.82, 2.24) is 4.57 Å². The maximum absolute atomic E-state index is 13.3. The number of carbonyl (C=O) groups excluding carboxylic acids is 1. The van der Waals surface area contributed by atoms with Gasteiger partial charge in [0.2, 0.25) is 5.78 Å². The number of aromatic nitrogens is 1. The van der Waals surface area contributed by atoms with E-state index in [1.54, 1.807) is 31.4 Å². The number of hydrogen-bond donors (Lipinski definition) is 0. The number of benzene rings is 3. The zero-order chi connectivity index (χ0) is 24.7. The zero-order valence-electron chi connectivity index (χ0n) is 19.5. The Hall–Kier alpha value is -3.77. The fourth-order valence-electron chi connectivity index (χ4n) is 4.31. The number of fused-ring (bicyclic) bond motifs is 2. The molecule has 0 saturated carbocycles. The van der Waals surface area contributed by atoms with Gasteiger partial charge in [-0.2, -0.15) is 0 Å². The normalized spacial score (nSPS) is 13.9. The number of carbonyl (C=O) groups is 1. The lowest BCUT2D eigenvalue weighted by Gasteiger charge is -2.10. The van der Waals surface area contributed by atoms with Gasteiger partial charge in [-0.3, -0.25) is 4.79 Å². The summed E-state index contributed by atoms with van der Waals surface area (Å²) in [7, 11) is 1.63. The van der Waals surface area contributed by atoms with E-state index in [1.165, 1.54) is 12.1 Å². The number of aryl methyl sites for hydroxylation is 2. The van der Waals surface area contributed by atoms with Gasteiger partial charge in [0.05, 0.1) is 17.7 Å². The number of hydrogen-bond acceptors (Lipinski definition) is 4. The third-order valence-electron chi connectivity index (χ3n) is 6.10. The Labute approximate surface area is 207 Å². The summed E-state index contributed by atoms with van der Waals surface area (Å²) in [6.45, 7) is 4.86. The summed E-state index contributed by atoms with van der Waals surface area (Å²) in [6.07, 6.45) is 3.78. The zero-order valence-corrected chi connectivity index (χ0v) is 20.3. The number of halogens is 2. The molecule has 5 rings (SSSR count). The summed E-state index contributed by atoms with van der Waals surface area (Å²) >= 11 is 6.10. The maximum atomic E-state index is 13.3. The standard InChI is InChI=1S/C28H23ClFNO4/c1-4-31-14-18(22-12-20(33-3)7-8-24(22)31)10-26-28(32)27-16(2)9-21(13-25(27)35-26)34-15-17-5-6-19(30)11-23(17)29/h5-14H,4,15H2,1-3H3/b26-10-. The van der Waals surface area contributed by atoms with Crippen LogP contribution in [-0.2, 0) is 13.2 Å². The van der Waals surface area contributed by atoms with Crippen molar-refractivity contribution < 1.29 is 23.4 Å². The van der Waals surface area contributed by atoms with Crippen LogP contribution < -0.4 is 14.2 Å². The first-order valence-electron chi connectivity index (χ1n) is 11.2. The van der Waals surface area contributed by atoms with E-state index in [-0.39, 0.29) is 18.1 Å². The first kappa shape index (κ1) is 23.0. The van der Waals surface area contributed by atoms with Gasteiger partial charge < -0.3 is 18.8 Å². The van der Waals surface area contributed by atoms with Crippen LogP contribution in [0.3, 0.4) is 0 Å². The van der Waals surface area contributed by atoms with Crippen molar-refractivity contribution in [1.29, 1.82) is 0 Å². The van der Waals surface area contributed by atoms with Gasteiger partial charge in [-0.1, -0.05) is 17.7 Å². The van der Waals surface area contributed by atoms with E-state index in [9.17, 15) is 9.18 Å². The lowest BCUT2D eigenvalue weighted by atomic mass is 10.0. The fourth-order valence-corrected chi connectivity index (χ4v) is 4.53. The van der Waals surface area contributed by atoms with Crippen molar-refractivity contribution in [3.05, 3.63) is 93.6 Å². The van der Waals surface area contributed by atoms with E-state index in [1.807, 2.05) is 31.3 Å². The van der Waals surface area contributed by atoms with Gasteiger partial charge in [0, 0.05) is 40.8 Å². The van der Waals surface area contributed by atoms with E-state index in [2.05, 4.69) is 11.5 Å². The largest absolute Gasteiger partial charge is 0.497 e. The molecule has 4 aromatic rings. The molecule has 7 heteroatoms. The molecule has 0 spiro atoms. The van der Waals surface area contributed by atoms with Crippen LogP contribution in [-0.4, -0.2) is 17.5 Å². The van der Waals surface area contributed by atoms with Gasteiger partial charge in [0.1, 0.15) is 29.7 Å². The second-order valence-corrected chi connectivity index (χ2v) is 8.74. The second-order valence-electron chi connectivity index (χ2n) is 8.33. The number of rotatable bonds is 6. The molecule has 0 fully saturated rings.